The Morgan fingerprint density at radius 2 is 1.61 bits per heavy atom. The molecule has 8 heteroatoms. The highest BCUT2D eigenvalue weighted by atomic mass is 16.5. The number of Topliss-reactive ketones (excluding diaryl/α,β-unsaturated/α-hetero) is 1. The average Bonchev–Trinajstić information content (AvgIpc) is 3.08. The minimum Gasteiger partial charge on any atom is -0.507 e. The Labute approximate surface area is 193 Å². The fourth-order valence-corrected chi connectivity index (χ4v) is 4.04. The molecule has 0 aliphatic carbocycles. The largest absolute Gasteiger partial charge is 0.507 e. The van der Waals surface area contributed by atoms with E-state index in [1.807, 2.05) is 6.92 Å². The summed E-state index contributed by atoms with van der Waals surface area (Å²) in [6.45, 7) is 2.56. The molecule has 0 aromatic heterocycles. The number of ether oxygens (including phenoxy) is 4. The number of aliphatic hydroxyl groups is 1. The van der Waals surface area contributed by atoms with Crippen molar-refractivity contribution >= 4 is 17.4 Å². The maximum Gasteiger partial charge on any atom is 0.295 e. The van der Waals surface area contributed by atoms with E-state index in [-0.39, 0.29) is 17.9 Å². The molecule has 0 radical (unpaired) electrons. The summed E-state index contributed by atoms with van der Waals surface area (Å²) >= 11 is 0. The molecule has 1 atom stereocenters. The van der Waals surface area contributed by atoms with Gasteiger partial charge in [-0.1, -0.05) is 6.07 Å². The highest BCUT2D eigenvalue weighted by molar-refractivity contribution is 6.46. The molecule has 0 unspecified atom stereocenters. The van der Waals surface area contributed by atoms with Crippen molar-refractivity contribution < 1.29 is 33.6 Å². The van der Waals surface area contributed by atoms with E-state index in [1.165, 1.54) is 19.1 Å². The Balaban J connectivity index is 2.17. The van der Waals surface area contributed by atoms with Crippen molar-refractivity contribution in [1.82, 2.24) is 4.90 Å². The molecule has 1 amide bonds. The predicted octanol–water partition coefficient (Wildman–Crippen LogP) is 3.48. The lowest BCUT2D eigenvalue weighted by Gasteiger charge is -2.26. The van der Waals surface area contributed by atoms with Crippen molar-refractivity contribution in [2.24, 2.45) is 0 Å². The molecule has 1 aliphatic heterocycles. The molecule has 1 aliphatic rings. The number of hydrogen-bond donors (Lipinski definition) is 1. The van der Waals surface area contributed by atoms with Crippen molar-refractivity contribution in [2.75, 3.05) is 41.6 Å². The third kappa shape index (κ3) is 4.66. The molecule has 0 bridgehead atoms. The lowest BCUT2D eigenvalue weighted by molar-refractivity contribution is -0.140. The maximum absolute atomic E-state index is 13.1. The summed E-state index contributed by atoms with van der Waals surface area (Å²) in [6, 6.07) is 9.48. The fourth-order valence-electron chi connectivity index (χ4n) is 4.04. The van der Waals surface area contributed by atoms with Gasteiger partial charge in [-0.25, -0.2) is 0 Å². The van der Waals surface area contributed by atoms with Gasteiger partial charge in [0.1, 0.15) is 11.5 Å². The quantitative estimate of drug-likeness (QED) is 0.268. The van der Waals surface area contributed by atoms with E-state index in [4.69, 9.17) is 18.9 Å². The van der Waals surface area contributed by atoms with Crippen LogP contribution in [-0.4, -0.2) is 63.3 Å². The minimum absolute atomic E-state index is 0.0224. The molecule has 2 aromatic rings. The van der Waals surface area contributed by atoms with Crippen LogP contribution in [0.4, 0.5) is 0 Å². The first kappa shape index (κ1) is 24.1. The predicted molar refractivity (Wildman–Crippen MR) is 123 cm³/mol. The SMILES string of the molecule is COCCCN1C(=O)C(=O)C(=C(O)c2ccc(OC)c(C)c2)[C@H]1c1ccc(OC)c(OC)c1. The summed E-state index contributed by atoms with van der Waals surface area (Å²) in [5, 5.41) is 11.2. The molecular weight excluding hydrogens is 426 g/mol. The van der Waals surface area contributed by atoms with Crippen molar-refractivity contribution in [3.05, 3.63) is 58.7 Å². The number of ketones is 1. The number of benzene rings is 2. The summed E-state index contributed by atoms with van der Waals surface area (Å²) in [6.07, 6.45) is 0.537. The van der Waals surface area contributed by atoms with Gasteiger partial charge in [0.05, 0.1) is 32.9 Å². The van der Waals surface area contributed by atoms with E-state index in [2.05, 4.69) is 0 Å². The van der Waals surface area contributed by atoms with E-state index >= 15 is 0 Å². The van der Waals surface area contributed by atoms with E-state index in [9.17, 15) is 14.7 Å². The summed E-state index contributed by atoms with van der Waals surface area (Å²) in [4.78, 5) is 27.6. The number of carbonyl (C=O) groups excluding carboxylic acids is 2. The van der Waals surface area contributed by atoms with Gasteiger partial charge in [-0.2, -0.15) is 0 Å². The molecule has 0 spiro atoms. The van der Waals surface area contributed by atoms with Crippen LogP contribution in [0.25, 0.3) is 5.76 Å². The number of rotatable bonds is 9. The van der Waals surface area contributed by atoms with Crippen molar-refractivity contribution in [2.45, 2.75) is 19.4 Å². The number of hydrogen-bond acceptors (Lipinski definition) is 7. The van der Waals surface area contributed by atoms with E-state index in [1.54, 1.807) is 50.6 Å². The third-order valence-electron chi connectivity index (χ3n) is 5.68. The van der Waals surface area contributed by atoms with Crippen LogP contribution in [0.1, 0.15) is 29.2 Å². The topological polar surface area (TPSA) is 94.5 Å². The monoisotopic (exact) mass is 455 g/mol. The Bertz CT molecular complexity index is 1080. The van der Waals surface area contributed by atoms with Gasteiger partial charge in [0.15, 0.2) is 11.5 Å². The van der Waals surface area contributed by atoms with Gasteiger partial charge in [0.2, 0.25) is 0 Å². The Kier molecular flexibility index (Phi) is 7.60. The molecule has 3 rings (SSSR count). The smallest absolute Gasteiger partial charge is 0.295 e. The molecule has 1 saturated heterocycles. The molecule has 1 heterocycles. The number of amides is 1. The number of nitrogens with zero attached hydrogens (tertiary/aromatic N) is 1. The zero-order valence-corrected chi connectivity index (χ0v) is 19.5. The first-order valence-corrected chi connectivity index (χ1v) is 10.5. The van der Waals surface area contributed by atoms with Gasteiger partial charge >= 0.3 is 0 Å². The van der Waals surface area contributed by atoms with Gasteiger partial charge in [0, 0.05) is 25.8 Å². The van der Waals surface area contributed by atoms with E-state index in [0.29, 0.717) is 41.4 Å². The molecule has 1 N–H and O–H groups in total. The molecule has 1 fully saturated rings. The van der Waals surface area contributed by atoms with Crippen LogP contribution in [0.5, 0.6) is 17.2 Å². The zero-order valence-electron chi connectivity index (χ0n) is 19.5. The lowest BCUT2D eigenvalue weighted by Crippen LogP contribution is -2.31. The summed E-state index contributed by atoms with van der Waals surface area (Å²) in [5.41, 5.74) is 1.86. The van der Waals surface area contributed by atoms with Crippen LogP contribution < -0.4 is 14.2 Å². The molecule has 2 aromatic carbocycles. The van der Waals surface area contributed by atoms with Crippen molar-refractivity contribution in [3.8, 4) is 17.2 Å². The Morgan fingerprint density at radius 1 is 0.939 bits per heavy atom. The van der Waals surface area contributed by atoms with Crippen LogP contribution in [0, 0.1) is 6.92 Å². The first-order chi connectivity index (χ1) is 15.9. The number of aliphatic hydroxyl groups excluding tert-OH is 1. The number of carbonyl (C=O) groups is 2. The average molecular weight is 456 g/mol. The van der Waals surface area contributed by atoms with Crippen LogP contribution in [-0.2, 0) is 14.3 Å². The van der Waals surface area contributed by atoms with Crippen LogP contribution in [0.2, 0.25) is 0 Å². The van der Waals surface area contributed by atoms with E-state index in [0.717, 1.165) is 5.56 Å². The second-order valence-electron chi connectivity index (χ2n) is 7.64. The van der Waals surface area contributed by atoms with Crippen LogP contribution in [0.15, 0.2) is 42.0 Å². The standard InChI is InChI=1S/C25H29NO7/c1-15-13-17(8-9-18(15)31-3)23(27)21-22(16-7-10-19(32-4)20(14-16)33-5)26(11-6-12-30-2)25(29)24(21)28/h7-10,13-14,22,27H,6,11-12H2,1-5H3/t22-/m1/s1. The van der Waals surface area contributed by atoms with Gasteiger partial charge in [0.25, 0.3) is 11.7 Å². The second-order valence-corrected chi connectivity index (χ2v) is 7.64. The fraction of sp³-hybridized carbons (Fsp3) is 0.360. The summed E-state index contributed by atoms with van der Waals surface area (Å²) in [5.74, 6) is -0.0203. The number of methoxy groups -OCH3 is 4. The molecular formula is C25H29NO7. The summed E-state index contributed by atoms with van der Waals surface area (Å²) < 4.78 is 21.1. The normalized spacial score (nSPS) is 17.4. The zero-order chi connectivity index (χ0) is 24.1. The second kappa shape index (κ2) is 10.4. The maximum atomic E-state index is 13.1. The van der Waals surface area contributed by atoms with Crippen molar-refractivity contribution in [1.29, 1.82) is 0 Å². The van der Waals surface area contributed by atoms with Gasteiger partial charge < -0.3 is 29.0 Å². The van der Waals surface area contributed by atoms with Gasteiger partial charge in [-0.05, 0) is 54.8 Å². The third-order valence-corrected chi connectivity index (χ3v) is 5.68. The lowest BCUT2D eigenvalue weighted by atomic mass is 9.94. The molecule has 8 nitrogen and oxygen atoms in total. The molecule has 0 saturated carbocycles. The van der Waals surface area contributed by atoms with Gasteiger partial charge in [-0.3, -0.25) is 9.59 Å². The van der Waals surface area contributed by atoms with Crippen molar-refractivity contribution in [3.63, 3.8) is 0 Å². The van der Waals surface area contributed by atoms with Gasteiger partial charge in [-0.15, -0.1) is 0 Å². The Hall–Kier alpha value is -3.52. The van der Waals surface area contributed by atoms with E-state index < -0.39 is 17.7 Å². The highest BCUT2D eigenvalue weighted by Gasteiger charge is 2.46. The number of likely N-dealkylation sites (tertiary alicyclic amines) is 1. The Morgan fingerprint density at radius 3 is 2.21 bits per heavy atom. The minimum atomic E-state index is -0.788. The molecule has 176 valence electrons. The number of aryl methyl sites for hydroxylation is 1. The summed E-state index contributed by atoms with van der Waals surface area (Å²) in [7, 11) is 6.17. The van der Waals surface area contributed by atoms with Crippen LogP contribution >= 0.6 is 0 Å². The van der Waals surface area contributed by atoms with Crippen LogP contribution in [0.3, 0.4) is 0 Å². The first-order valence-electron chi connectivity index (χ1n) is 10.5. The molecule has 33 heavy (non-hydrogen) atoms. The highest BCUT2D eigenvalue weighted by Crippen LogP contribution is 2.42.